The first-order chi connectivity index (χ1) is 10.1. The molecule has 0 aliphatic carbocycles. The van der Waals surface area contributed by atoms with E-state index in [1.807, 2.05) is 30.6 Å². The van der Waals surface area contributed by atoms with Crippen LogP contribution < -0.4 is 5.32 Å². The van der Waals surface area contributed by atoms with Gasteiger partial charge in [-0.1, -0.05) is 24.3 Å². The van der Waals surface area contributed by atoms with Crippen molar-refractivity contribution in [1.82, 2.24) is 9.62 Å². The maximum atomic E-state index is 12.9. The molecule has 6 heteroatoms. The summed E-state index contributed by atoms with van der Waals surface area (Å²) in [5.41, 5.74) is 2.36. The normalized spacial score (nSPS) is 15.9. The first-order valence-corrected chi connectivity index (χ1v) is 9.23. The van der Waals surface area contributed by atoms with Gasteiger partial charge in [0.1, 0.15) is 0 Å². The molecule has 0 amide bonds. The van der Waals surface area contributed by atoms with E-state index in [9.17, 15) is 8.42 Å². The molecule has 0 radical (unpaired) electrons. The predicted molar refractivity (Wildman–Crippen MR) is 84.8 cm³/mol. The first kappa shape index (κ1) is 14.7. The lowest BCUT2D eigenvalue weighted by atomic mass is 10.0. The van der Waals surface area contributed by atoms with Gasteiger partial charge in [-0.3, -0.25) is 0 Å². The molecule has 0 atom stereocenters. The van der Waals surface area contributed by atoms with Crippen LogP contribution in [0.5, 0.6) is 0 Å². The second kappa shape index (κ2) is 5.88. The average molecular weight is 322 g/mol. The summed E-state index contributed by atoms with van der Waals surface area (Å²) in [6.07, 6.45) is 0.779. The number of rotatable bonds is 4. The Bertz CT molecular complexity index is 738. The molecule has 0 fully saturated rings. The maximum absolute atomic E-state index is 12.9. The van der Waals surface area contributed by atoms with Crippen molar-refractivity contribution in [3.63, 3.8) is 0 Å². The summed E-state index contributed by atoms with van der Waals surface area (Å²) in [6, 6.07) is 9.78. The van der Waals surface area contributed by atoms with Crippen LogP contribution in [-0.2, 0) is 29.5 Å². The van der Waals surface area contributed by atoms with E-state index in [1.165, 1.54) is 16.9 Å². The van der Waals surface area contributed by atoms with Gasteiger partial charge in [0.25, 0.3) is 0 Å². The highest BCUT2D eigenvalue weighted by molar-refractivity contribution is 7.89. The van der Waals surface area contributed by atoms with E-state index < -0.39 is 10.0 Å². The summed E-state index contributed by atoms with van der Waals surface area (Å²) in [5, 5.41) is 4.87. The number of thiophene rings is 1. The minimum Gasteiger partial charge on any atom is -0.315 e. The van der Waals surface area contributed by atoms with Gasteiger partial charge in [0.2, 0.25) is 10.0 Å². The van der Waals surface area contributed by atoms with Crippen molar-refractivity contribution < 1.29 is 8.42 Å². The topological polar surface area (TPSA) is 49.4 Å². The minimum absolute atomic E-state index is 0.446. The molecule has 1 aliphatic rings. The van der Waals surface area contributed by atoms with Gasteiger partial charge in [-0.15, -0.1) is 11.3 Å². The minimum atomic E-state index is -3.41. The maximum Gasteiger partial charge on any atom is 0.244 e. The third kappa shape index (κ3) is 2.76. The highest BCUT2D eigenvalue weighted by atomic mass is 32.2. The summed E-state index contributed by atoms with van der Waals surface area (Å²) in [6.45, 7) is 1.60. The number of benzene rings is 1. The lowest BCUT2D eigenvalue weighted by Crippen LogP contribution is -2.36. The molecule has 0 unspecified atom stereocenters. The lowest BCUT2D eigenvalue weighted by Gasteiger charge is -2.28. The molecule has 0 saturated carbocycles. The van der Waals surface area contributed by atoms with Gasteiger partial charge < -0.3 is 5.32 Å². The van der Waals surface area contributed by atoms with Crippen LogP contribution in [0.3, 0.4) is 0 Å². The van der Waals surface area contributed by atoms with Crippen molar-refractivity contribution in [2.75, 3.05) is 13.6 Å². The van der Waals surface area contributed by atoms with Crippen molar-refractivity contribution in [2.45, 2.75) is 24.4 Å². The lowest BCUT2D eigenvalue weighted by molar-refractivity contribution is 0.391. The van der Waals surface area contributed by atoms with E-state index in [-0.39, 0.29) is 0 Å². The van der Waals surface area contributed by atoms with Crippen LogP contribution in [0.15, 0.2) is 40.6 Å². The third-order valence-electron chi connectivity index (χ3n) is 3.76. The fraction of sp³-hybridized carbons (Fsp3) is 0.333. The molecule has 3 rings (SSSR count). The van der Waals surface area contributed by atoms with E-state index in [4.69, 9.17) is 0 Å². The van der Waals surface area contributed by atoms with Crippen LogP contribution in [0.1, 0.15) is 16.0 Å². The molecule has 0 bridgehead atoms. The second-order valence-electron chi connectivity index (χ2n) is 5.10. The molecule has 0 saturated heterocycles. The molecule has 112 valence electrons. The zero-order chi connectivity index (χ0) is 14.9. The van der Waals surface area contributed by atoms with Crippen LogP contribution in [0.4, 0.5) is 0 Å². The molecule has 1 aromatic carbocycles. The SMILES string of the molecule is CNCc1sccc1S(=O)(=O)N1CCc2ccccc2C1. The van der Waals surface area contributed by atoms with Crippen molar-refractivity contribution >= 4 is 21.4 Å². The number of hydrogen-bond acceptors (Lipinski definition) is 4. The molecule has 1 N–H and O–H groups in total. The molecule has 1 aliphatic heterocycles. The third-order valence-corrected chi connectivity index (χ3v) is 6.74. The summed E-state index contributed by atoms with van der Waals surface area (Å²) in [5.74, 6) is 0. The van der Waals surface area contributed by atoms with Crippen molar-refractivity contribution in [2.24, 2.45) is 0 Å². The molecule has 2 aromatic rings. The van der Waals surface area contributed by atoms with Gasteiger partial charge in [0.15, 0.2) is 0 Å². The zero-order valence-electron chi connectivity index (χ0n) is 11.9. The molecule has 1 aromatic heterocycles. The smallest absolute Gasteiger partial charge is 0.244 e. The molecule has 0 spiro atoms. The van der Waals surface area contributed by atoms with Crippen LogP contribution in [0.2, 0.25) is 0 Å². The van der Waals surface area contributed by atoms with E-state index in [0.717, 1.165) is 16.9 Å². The highest BCUT2D eigenvalue weighted by Crippen LogP contribution is 2.29. The Morgan fingerprint density at radius 1 is 1.24 bits per heavy atom. The van der Waals surface area contributed by atoms with Crippen molar-refractivity contribution in [1.29, 1.82) is 0 Å². The molecule has 21 heavy (non-hydrogen) atoms. The Balaban J connectivity index is 1.91. The Morgan fingerprint density at radius 3 is 2.76 bits per heavy atom. The van der Waals surface area contributed by atoms with E-state index in [2.05, 4.69) is 11.4 Å². The molecular weight excluding hydrogens is 304 g/mol. The second-order valence-corrected chi connectivity index (χ2v) is 8.00. The fourth-order valence-corrected chi connectivity index (χ4v) is 5.51. The Morgan fingerprint density at radius 2 is 2.00 bits per heavy atom. The van der Waals surface area contributed by atoms with E-state index in [1.54, 1.807) is 10.4 Å². The van der Waals surface area contributed by atoms with Gasteiger partial charge in [-0.05, 0) is 36.0 Å². The molecule has 2 heterocycles. The van der Waals surface area contributed by atoms with Crippen molar-refractivity contribution in [3.8, 4) is 0 Å². The number of nitrogens with one attached hydrogen (secondary N) is 1. The van der Waals surface area contributed by atoms with Crippen molar-refractivity contribution in [3.05, 3.63) is 51.7 Å². The zero-order valence-corrected chi connectivity index (χ0v) is 13.5. The average Bonchev–Trinajstić information content (AvgIpc) is 2.96. The van der Waals surface area contributed by atoms with Gasteiger partial charge in [0, 0.05) is 24.5 Å². The van der Waals surface area contributed by atoms with Gasteiger partial charge in [-0.2, -0.15) is 4.31 Å². The number of fused-ring (bicyclic) bond motifs is 1. The van der Waals surface area contributed by atoms with E-state index >= 15 is 0 Å². The summed E-state index contributed by atoms with van der Waals surface area (Å²) >= 11 is 1.48. The van der Waals surface area contributed by atoms with Crippen LogP contribution in [-0.4, -0.2) is 26.3 Å². The quantitative estimate of drug-likeness (QED) is 0.939. The Labute approximate surface area is 129 Å². The monoisotopic (exact) mass is 322 g/mol. The van der Waals surface area contributed by atoms with Crippen LogP contribution in [0.25, 0.3) is 0 Å². The van der Waals surface area contributed by atoms with E-state index in [0.29, 0.717) is 24.5 Å². The fourth-order valence-electron chi connectivity index (χ4n) is 2.66. The highest BCUT2D eigenvalue weighted by Gasteiger charge is 2.30. The first-order valence-electron chi connectivity index (χ1n) is 6.91. The Kier molecular flexibility index (Phi) is 4.12. The number of hydrogen-bond donors (Lipinski definition) is 1. The summed E-state index contributed by atoms with van der Waals surface area (Å²) < 4.78 is 27.3. The molecule has 4 nitrogen and oxygen atoms in total. The van der Waals surface area contributed by atoms with Gasteiger partial charge in [-0.25, -0.2) is 8.42 Å². The number of sulfonamides is 1. The van der Waals surface area contributed by atoms with Gasteiger partial charge >= 0.3 is 0 Å². The van der Waals surface area contributed by atoms with Gasteiger partial charge in [0.05, 0.1) is 4.90 Å². The van der Waals surface area contributed by atoms with Crippen LogP contribution >= 0.6 is 11.3 Å². The molecular formula is C15H18N2O2S2. The van der Waals surface area contributed by atoms with Crippen LogP contribution in [0, 0.1) is 0 Å². The standard InChI is InChI=1S/C15H18N2O2S2/c1-16-10-14-15(7-9-20-14)21(18,19)17-8-6-12-4-2-3-5-13(12)11-17/h2-5,7,9,16H,6,8,10-11H2,1H3. The summed E-state index contributed by atoms with van der Waals surface area (Å²) in [7, 11) is -1.58. The number of nitrogens with zero attached hydrogens (tertiary/aromatic N) is 1. The summed E-state index contributed by atoms with van der Waals surface area (Å²) in [4.78, 5) is 1.32. The predicted octanol–water partition coefficient (Wildman–Crippen LogP) is 2.21. The Hall–Kier alpha value is -1.21. The largest absolute Gasteiger partial charge is 0.315 e.